The van der Waals surface area contributed by atoms with E-state index in [9.17, 15) is 14.0 Å². The molecule has 0 spiro atoms. The highest BCUT2D eigenvalue weighted by Crippen LogP contribution is 2.47. The zero-order valence-electron chi connectivity index (χ0n) is 12.4. The van der Waals surface area contributed by atoms with E-state index >= 15 is 0 Å². The molecule has 2 aromatic rings. The van der Waals surface area contributed by atoms with Crippen molar-refractivity contribution in [2.75, 3.05) is 5.32 Å². The van der Waals surface area contributed by atoms with Crippen molar-refractivity contribution in [2.45, 2.75) is 19.4 Å². The lowest BCUT2D eigenvalue weighted by Crippen LogP contribution is -2.39. The van der Waals surface area contributed by atoms with E-state index in [4.69, 9.17) is 0 Å². The van der Waals surface area contributed by atoms with Crippen molar-refractivity contribution in [3.8, 4) is 0 Å². The van der Waals surface area contributed by atoms with Gasteiger partial charge in [0, 0.05) is 6.20 Å². The molecule has 6 heteroatoms. The Hall–Kier alpha value is -2.76. The lowest BCUT2D eigenvalue weighted by molar-refractivity contribution is -0.134. The van der Waals surface area contributed by atoms with Gasteiger partial charge in [-0.3, -0.25) is 14.6 Å². The lowest BCUT2D eigenvalue weighted by atomic mass is 10.0. The number of hydrogen-bond donors (Lipinski definition) is 2. The number of amides is 2. The molecule has 0 atom stereocenters. The number of rotatable bonds is 5. The number of nitrogens with one attached hydrogen (secondary N) is 2. The molecular weight excluding hydrogens is 297 g/mol. The molecule has 1 aromatic heterocycles. The molecule has 0 unspecified atom stereocenters. The molecule has 0 saturated heterocycles. The number of aromatic nitrogens is 1. The Morgan fingerprint density at radius 3 is 2.48 bits per heavy atom. The monoisotopic (exact) mass is 313 g/mol. The van der Waals surface area contributed by atoms with Crippen LogP contribution in [0.4, 0.5) is 10.1 Å². The molecule has 5 nitrogen and oxygen atoms in total. The van der Waals surface area contributed by atoms with Crippen molar-refractivity contribution < 1.29 is 14.0 Å². The average Bonchev–Trinajstić information content (AvgIpc) is 3.38. The molecule has 23 heavy (non-hydrogen) atoms. The maximum atomic E-state index is 13.6. The third kappa shape index (κ3) is 3.21. The molecule has 1 heterocycles. The van der Waals surface area contributed by atoms with Gasteiger partial charge in [0.05, 0.1) is 17.9 Å². The largest absolute Gasteiger partial charge is 0.350 e. The summed E-state index contributed by atoms with van der Waals surface area (Å²) in [7, 11) is 0. The number of carbonyl (C=O) groups is 2. The topological polar surface area (TPSA) is 71.1 Å². The highest BCUT2D eigenvalue weighted by atomic mass is 19.1. The molecule has 0 aliphatic heterocycles. The number of pyridine rings is 1. The Morgan fingerprint density at radius 1 is 1.09 bits per heavy atom. The molecule has 0 bridgehead atoms. The summed E-state index contributed by atoms with van der Waals surface area (Å²) in [5.74, 6) is -1.34. The number of para-hydroxylation sites is 1. The minimum atomic E-state index is -1.10. The van der Waals surface area contributed by atoms with Gasteiger partial charge < -0.3 is 10.6 Å². The van der Waals surface area contributed by atoms with Crippen molar-refractivity contribution in [3.05, 3.63) is 60.2 Å². The molecule has 1 saturated carbocycles. The zero-order valence-corrected chi connectivity index (χ0v) is 12.4. The highest BCUT2D eigenvalue weighted by Gasteiger charge is 2.56. The average molecular weight is 313 g/mol. The molecular formula is C17H16FN3O2. The summed E-state index contributed by atoms with van der Waals surface area (Å²) >= 11 is 0. The van der Waals surface area contributed by atoms with Gasteiger partial charge in [-0.25, -0.2) is 4.39 Å². The molecule has 1 aliphatic carbocycles. The number of halogens is 1. The molecule has 1 aromatic carbocycles. The smallest absolute Gasteiger partial charge is 0.240 e. The van der Waals surface area contributed by atoms with E-state index in [1.807, 2.05) is 6.07 Å². The third-order valence-corrected chi connectivity index (χ3v) is 3.90. The highest BCUT2D eigenvalue weighted by molar-refractivity contribution is 6.13. The summed E-state index contributed by atoms with van der Waals surface area (Å²) in [5, 5.41) is 5.23. The quantitative estimate of drug-likeness (QED) is 0.832. The van der Waals surface area contributed by atoms with Crippen LogP contribution in [0.3, 0.4) is 0 Å². The number of carbonyl (C=O) groups excluding carboxylic acids is 2. The van der Waals surface area contributed by atoms with Crippen molar-refractivity contribution in [2.24, 2.45) is 5.41 Å². The summed E-state index contributed by atoms with van der Waals surface area (Å²) in [5.41, 5.74) is -0.302. The Morgan fingerprint density at radius 2 is 1.83 bits per heavy atom. The Bertz CT molecular complexity index is 730. The maximum Gasteiger partial charge on any atom is 0.240 e. The Kier molecular flexibility index (Phi) is 4.06. The van der Waals surface area contributed by atoms with Crippen LogP contribution in [-0.2, 0) is 16.1 Å². The fourth-order valence-corrected chi connectivity index (χ4v) is 2.33. The number of hydrogen-bond acceptors (Lipinski definition) is 3. The van der Waals surface area contributed by atoms with Gasteiger partial charge >= 0.3 is 0 Å². The fraction of sp³-hybridized carbons (Fsp3) is 0.235. The van der Waals surface area contributed by atoms with E-state index in [0.717, 1.165) is 0 Å². The van der Waals surface area contributed by atoms with Crippen molar-refractivity contribution in [3.63, 3.8) is 0 Å². The van der Waals surface area contributed by atoms with Crippen LogP contribution in [-0.4, -0.2) is 16.8 Å². The zero-order chi connectivity index (χ0) is 16.3. The van der Waals surface area contributed by atoms with Gasteiger partial charge in [-0.15, -0.1) is 0 Å². The molecule has 2 N–H and O–H groups in total. The van der Waals surface area contributed by atoms with E-state index in [-0.39, 0.29) is 18.1 Å². The standard InChI is InChI=1S/C17H16FN3O2/c18-13-6-1-2-7-14(13)21-16(23)17(8-9-17)15(22)20-11-12-5-3-4-10-19-12/h1-7,10H,8-9,11H2,(H,20,22)(H,21,23). The first-order chi connectivity index (χ1) is 11.1. The SMILES string of the molecule is O=C(NCc1ccccn1)C1(C(=O)Nc2ccccc2F)CC1. The summed E-state index contributed by atoms with van der Waals surface area (Å²) in [6, 6.07) is 11.3. The van der Waals surface area contributed by atoms with Crippen LogP contribution in [0, 0.1) is 11.2 Å². The fourth-order valence-electron chi connectivity index (χ4n) is 2.33. The molecule has 1 aliphatic rings. The number of nitrogens with zero attached hydrogens (tertiary/aromatic N) is 1. The summed E-state index contributed by atoms with van der Waals surface area (Å²) < 4.78 is 13.6. The summed E-state index contributed by atoms with van der Waals surface area (Å²) in [6.07, 6.45) is 2.56. The normalized spacial score (nSPS) is 14.8. The first-order valence-electron chi connectivity index (χ1n) is 7.36. The molecule has 118 valence electrons. The molecule has 0 radical (unpaired) electrons. The first kappa shape index (κ1) is 15.1. The van der Waals surface area contributed by atoms with E-state index in [1.54, 1.807) is 24.4 Å². The number of anilines is 1. The van der Waals surface area contributed by atoms with Crippen LogP contribution < -0.4 is 10.6 Å². The minimum absolute atomic E-state index is 0.0845. The predicted molar refractivity (Wildman–Crippen MR) is 82.8 cm³/mol. The van der Waals surface area contributed by atoms with Crippen LogP contribution >= 0.6 is 0 Å². The van der Waals surface area contributed by atoms with Crippen LogP contribution in [0.2, 0.25) is 0 Å². The summed E-state index contributed by atoms with van der Waals surface area (Å²) in [6.45, 7) is 0.258. The predicted octanol–water partition coefficient (Wildman–Crippen LogP) is 2.26. The molecule has 2 amide bonds. The van der Waals surface area contributed by atoms with Crippen molar-refractivity contribution in [1.82, 2.24) is 10.3 Å². The molecule has 1 fully saturated rings. The lowest BCUT2D eigenvalue weighted by Gasteiger charge is -2.15. The van der Waals surface area contributed by atoms with Gasteiger partial charge in [-0.05, 0) is 37.1 Å². The maximum absolute atomic E-state index is 13.6. The first-order valence-corrected chi connectivity index (χ1v) is 7.36. The second-order valence-electron chi connectivity index (χ2n) is 5.52. The third-order valence-electron chi connectivity index (χ3n) is 3.90. The second kappa shape index (κ2) is 6.16. The van der Waals surface area contributed by atoms with E-state index in [2.05, 4.69) is 15.6 Å². The van der Waals surface area contributed by atoms with Gasteiger partial charge in [-0.1, -0.05) is 18.2 Å². The number of benzene rings is 1. The van der Waals surface area contributed by atoms with Gasteiger partial charge in [-0.2, -0.15) is 0 Å². The van der Waals surface area contributed by atoms with E-state index < -0.39 is 17.1 Å². The van der Waals surface area contributed by atoms with Crippen LogP contribution in [0.25, 0.3) is 0 Å². The van der Waals surface area contributed by atoms with Crippen LogP contribution in [0.1, 0.15) is 18.5 Å². The Balaban J connectivity index is 1.63. The van der Waals surface area contributed by atoms with Crippen molar-refractivity contribution in [1.29, 1.82) is 0 Å². The van der Waals surface area contributed by atoms with E-state index in [1.165, 1.54) is 18.2 Å². The van der Waals surface area contributed by atoms with Gasteiger partial charge in [0.1, 0.15) is 11.2 Å². The van der Waals surface area contributed by atoms with Gasteiger partial charge in [0.15, 0.2) is 0 Å². The van der Waals surface area contributed by atoms with Gasteiger partial charge in [0.2, 0.25) is 11.8 Å². The summed E-state index contributed by atoms with van der Waals surface area (Å²) in [4.78, 5) is 28.8. The van der Waals surface area contributed by atoms with Crippen LogP contribution in [0.5, 0.6) is 0 Å². The Labute approximate surface area is 132 Å². The van der Waals surface area contributed by atoms with Crippen molar-refractivity contribution >= 4 is 17.5 Å². The van der Waals surface area contributed by atoms with E-state index in [0.29, 0.717) is 18.5 Å². The van der Waals surface area contributed by atoms with Crippen LogP contribution in [0.15, 0.2) is 48.7 Å². The minimum Gasteiger partial charge on any atom is -0.350 e. The van der Waals surface area contributed by atoms with Gasteiger partial charge in [0.25, 0.3) is 0 Å². The second-order valence-corrected chi connectivity index (χ2v) is 5.52. The molecule has 3 rings (SSSR count).